The molecule has 5 heterocycles. The van der Waals surface area contributed by atoms with E-state index in [1.165, 1.54) is 22.7 Å². The highest BCUT2D eigenvalue weighted by atomic mass is 35.5. The van der Waals surface area contributed by atoms with Gasteiger partial charge in [-0.05, 0) is 66.2 Å². The third-order valence-corrected chi connectivity index (χ3v) is 17.5. The molecular weight excluding hydrogens is 1060 g/mol. The number of nitrogens with one attached hydrogen (secondary N) is 1. The second-order valence-corrected chi connectivity index (χ2v) is 22.2. The number of hydrogen-bond donors (Lipinski definition) is 3. The molecule has 0 bridgehead atoms. The van der Waals surface area contributed by atoms with Crippen LogP contribution in [0.3, 0.4) is 0 Å². The summed E-state index contributed by atoms with van der Waals surface area (Å²) in [5.74, 6) is -1.49. The molecule has 392 valence electrons. The van der Waals surface area contributed by atoms with Gasteiger partial charge < -0.3 is 34.3 Å². The number of thioether (sulfide) groups is 1. The Hall–Kier alpha value is -7.45. The number of benzene rings is 6. The van der Waals surface area contributed by atoms with E-state index >= 15 is 0 Å². The first-order chi connectivity index (χ1) is 37.2. The minimum atomic E-state index is -1.67. The summed E-state index contributed by atoms with van der Waals surface area (Å²) in [6.07, 6.45) is 0.785. The summed E-state index contributed by atoms with van der Waals surface area (Å²) in [6, 6.07) is 40.0. The predicted octanol–water partition coefficient (Wildman–Crippen LogP) is 8.12. The molecule has 11 rings (SSSR count). The number of aliphatic hydroxyl groups excluding tert-OH is 1. The summed E-state index contributed by atoms with van der Waals surface area (Å²) < 4.78 is 37.1. The maximum absolute atomic E-state index is 14.8. The standard InChI is InChI=1S/C57H48Cl2N6O10S2/c1-61(29-32-16-20-36(21-17-32)73-30-33-31-76-56-51(55(69)65(56)52(33)57(70)71)60-54(68)53-44(24-25-66)75-49-28-48(67)64(49)53)77(72)47-15-9-4-10-39(47)50-37-22-18-34(62(2)42-13-7-5-11-40(42)58)26-45(37)74-46-27-35(19-23-38(46)50)63(3)43-14-8-6-12-41(43)59/h4-24,26-27,49,51,53,56,66H,25,28-31H2,1-3H3,(H-,60,68,70,71)/p+1/b44-24-/t49-,51-,53-,56-,77?/m1/s1. The van der Waals surface area contributed by atoms with E-state index in [1.807, 2.05) is 145 Å². The van der Waals surface area contributed by atoms with Gasteiger partial charge in [0.2, 0.25) is 17.0 Å². The van der Waals surface area contributed by atoms with Gasteiger partial charge in [-0.2, -0.15) is 4.58 Å². The normalized spacial score (nSPS) is 20.1. The number of fused-ring (bicyclic) bond motifs is 4. The molecule has 3 fully saturated rings. The number of anilines is 2. The maximum Gasteiger partial charge on any atom is 0.352 e. The number of rotatable bonds is 15. The number of para-hydroxylation sites is 2. The van der Waals surface area contributed by atoms with Crippen LogP contribution in [0, 0.1) is 0 Å². The molecule has 20 heteroatoms. The minimum Gasteiger partial charge on any atom is -0.489 e. The number of carbonyl (C=O) groups excluding carboxylic acids is 3. The monoisotopic (exact) mass is 1110 g/mol. The average molecular weight is 1110 g/mol. The molecule has 77 heavy (non-hydrogen) atoms. The van der Waals surface area contributed by atoms with E-state index in [2.05, 4.69) is 5.32 Å². The quantitative estimate of drug-likeness (QED) is 0.0510. The molecule has 5 aliphatic heterocycles. The lowest BCUT2D eigenvalue weighted by atomic mass is 9.93. The fraction of sp³-hybridized carbons (Fsp3) is 0.211. The fourth-order valence-corrected chi connectivity index (χ4v) is 13.2. The molecule has 6 aliphatic rings. The van der Waals surface area contributed by atoms with Crippen molar-refractivity contribution in [2.75, 3.05) is 45.0 Å². The Kier molecular flexibility index (Phi) is 14.2. The molecule has 0 aromatic heterocycles. The lowest BCUT2D eigenvalue weighted by Crippen LogP contribution is -2.72. The number of carbonyl (C=O) groups is 4. The zero-order chi connectivity index (χ0) is 53.8. The Morgan fingerprint density at radius 3 is 2.40 bits per heavy atom. The third kappa shape index (κ3) is 9.52. The van der Waals surface area contributed by atoms with Gasteiger partial charge in [-0.15, -0.1) is 11.8 Å². The summed E-state index contributed by atoms with van der Waals surface area (Å²) in [7, 11) is 4.02. The molecule has 5 atom stereocenters. The van der Waals surface area contributed by atoms with Gasteiger partial charge in [-0.25, -0.2) is 13.3 Å². The van der Waals surface area contributed by atoms with Crippen molar-refractivity contribution in [3.8, 4) is 28.2 Å². The summed E-state index contributed by atoms with van der Waals surface area (Å²) in [6.45, 7) is -0.236. The Morgan fingerprint density at radius 1 is 0.922 bits per heavy atom. The van der Waals surface area contributed by atoms with Gasteiger partial charge in [0.15, 0.2) is 12.3 Å². The Morgan fingerprint density at radius 2 is 1.66 bits per heavy atom. The van der Waals surface area contributed by atoms with Crippen molar-refractivity contribution in [1.82, 2.24) is 24.0 Å². The highest BCUT2D eigenvalue weighted by molar-refractivity contribution is 8.00. The van der Waals surface area contributed by atoms with E-state index in [0.717, 1.165) is 55.0 Å². The summed E-state index contributed by atoms with van der Waals surface area (Å²) in [5, 5.41) is 24.6. The highest BCUT2D eigenvalue weighted by Crippen LogP contribution is 2.45. The highest BCUT2D eigenvalue weighted by Gasteiger charge is 2.58. The van der Waals surface area contributed by atoms with Crippen molar-refractivity contribution in [3.63, 3.8) is 0 Å². The Bertz CT molecular complexity index is 3700. The summed E-state index contributed by atoms with van der Waals surface area (Å²) in [4.78, 5) is 56.9. The van der Waals surface area contributed by atoms with E-state index in [0.29, 0.717) is 44.2 Å². The van der Waals surface area contributed by atoms with Crippen molar-refractivity contribution in [2.45, 2.75) is 41.5 Å². The first-order valence-electron chi connectivity index (χ1n) is 24.4. The molecule has 1 aliphatic carbocycles. The zero-order valence-electron chi connectivity index (χ0n) is 41.6. The average Bonchev–Trinajstić information content (AvgIpc) is 3.84. The van der Waals surface area contributed by atoms with E-state index in [4.69, 9.17) is 37.1 Å². The molecule has 0 saturated carbocycles. The number of amides is 3. The molecule has 1 unspecified atom stereocenters. The smallest absolute Gasteiger partial charge is 0.352 e. The van der Waals surface area contributed by atoms with Crippen LogP contribution in [0.1, 0.15) is 12.0 Å². The van der Waals surface area contributed by atoms with Crippen molar-refractivity contribution in [3.05, 3.63) is 178 Å². The second kappa shape index (κ2) is 21.2. The van der Waals surface area contributed by atoms with Crippen LogP contribution in [0.25, 0.3) is 33.4 Å². The zero-order valence-corrected chi connectivity index (χ0v) is 44.7. The number of nitrogens with zero attached hydrogens (tertiary/aromatic N) is 5. The molecule has 5 aromatic rings. The number of aliphatic carboxylic acids is 1. The molecule has 3 amide bonds. The number of β-lactam (4-membered cyclic amide) rings is 2. The number of halogens is 2. The number of carboxylic acid groups (broad SMARTS) is 1. The van der Waals surface area contributed by atoms with E-state index in [-0.39, 0.29) is 36.1 Å². The van der Waals surface area contributed by atoms with Crippen molar-refractivity contribution >= 4 is 97.7 Å². The topological polar surface area (TPSA) is 185 Å². The molecular formula is C57H49Cl2N6O10S2+. The van der Waals surface area contributed by atoms with Gasteiger partial charge in [0.1, 0.15) is 69.6 Å². The van der Waals surface area contributed by atoms with Gasteiger partial charge >= 0.3 is 5.97 Å². The van der Waals surface area contributed by atoms with Crippen LogP contribution >= 0.6 is 35.0 Å². The van der Waals surface area contributed by atoms with Gasteiger partial charge in [-0.1, -0.05) is 77.8 Å². The molecule has 0 spiro atoms. The summed E-state index contributed by atoms with van der Waals surface area (Å²) >= 11 is 14.6. The predicted molar refractivity (Wildman–Crippen MR) is 295 cm³/mol. The van der Waals surface area contributed by atoms with E-state index in [9.17, 15) is 33.6 Å². The number of aliphatic hydroxyl groups is 1. The molecule has 16 nitrogen and oxygen atoms in total. The number of ether oxygens (including phenoxy) is 2. The van der Waals surface area contributed by atoms with Crippen LogP contribution in [0.15, 0.2) is 166 Å². The van der Waals surface area contributed by atoms with Crippen LogP contribution < -0.4 is 24.9 Å². The molecule has 5 aromatic carbocycles. The van der Waals surface area contributed by atoms with Crippen LogP contribution in [0.2, 0.25) is 10.0 Å². The van der Waals surface area contributed by atoms with Crippen molar-refractivity contribution in [1.29, 1.82) is 0 Å². The van der Waals surface area contributed by atoms with Crippen LogP contribution in [-0.2, 0) is 41.4 Å². The SMILES string of the molecule is CN(c1ccc2c(-c3ccccc3S(=O)N(C)Cc3ccc(OCC4=C(C(=O)O)N5C(=O)[C@@H](NC(=O)[C@H]6/C(=C/CO)O[C@@H]7CC(=O)N76)[C@H]5SC4)cc3)c3ccc(=[N+](C)c4ccccc4Cl)cc-3oc2c1)c1ccccc1Cl. The van der Waals surface area contributed by atoms with Crippen molar-refractivity contribution < 1.29 is 47.5 Å². The van der Waals surface area contributed by atoms with E-state index < -0.39 is 59.1 Å². The lowest BCUT2D eigenvalue weighted by molar-refractivity contribution is -0.160. The van der Waals surface area contributed by atoms with Gasteiger partial charge in [-0.3, -0.25) is 24.2 Å². The van der Waals surface area contributed by atoms with Gasteiger partial charge in [0, 0.05) is 77.9 Å². The van der Waals surface area contributed by atoms with Gasteiger partial charge in [0.05, 0.1) is 34.7 Å². The van der Waals surface area contributed by atoms with E-state index in [1.54, 1.807) is 23.5 Å². The second-order valence-electron chi connectivity index (χ2n) is 18.7. The Labute approximate surface area is 458 Å². The molecule has 0 radical (unpaired) electrons. The fourth-order valence-electron chi connectivity index (χ4n) is 10.2. The van der Waals surface area contributed by atoms with Crippen LogP contribution in [0.4, 0.5) is 17.1 Å². The molecule has 3 N–H and O–H groups in total. The molecule has 3 saturated heterocycles. The largest absolute Gasteiger partial charge is 0.489 e. The third-order valence-electron chi connectivity index (χ3n) is 14.1. The summed E-state index contributed by atoms with van der Waals surface area (Å²) in [5.41, 5.74) is 6.54. The maximum atomic E-state index is 14.8. The van der Waals surface area contributed by atoms with Crippen LogP contribution in [-0.4, -0.2) is 116 Å². The number of carboxylic acids is 1. The van der Waals surface area contributed by atoms with Crippen LogP contribution in [0.5, 0.6) is 5.75 Å². The lowest BCUT2D eigenvalue weighted by Gasteiger charge is -2.49. The first kappa shape index (κ1) is 51.6. The van der Waals surface area contributed by atoms with Crippen molar-refractivity contribution in [2.24, 2.45) is 0 Å². The minimum absolute atomic E-state index is 0.101. The Balaban J connectivity index is 0.819. The number of hydrogen-bond acceptors (Lipinski definition) is 11. The first-order valence-corrected chi connectivity index (χ1v) is 27.3. The van der Waals surface area contributed by atoms with Gasteiger partial charge in [0.25, 0.3) is 11.8 Å².